The van der Waals surface area contributed by atoms with Crippen molar-refractivity contribution in [3.8, 4) is 0 Å². The van der Waals surface area contributed by atoms with Crippen molar-refractivity contribution < 1.29 is 13.2 Å². The van der Waals surface area contributed by atoms with E-state index in [2.05, 4.69) is 6.92 Å². The Hall–Kier alpha value is -1.25. The molecule has 110 valence electrons. The number of aryl methyl sites for hydroxylation is 1. The highest BCUT2D eigenvalue weighted by molar-refractivity contribution is 5.56. The molecule has 20 heavy (non-hydrogen) atoms. The molecule has 0 nitrogen and oxygen atoms in total. The van der Waals surface area contributed by atoms with Gasteiger partial charge < -0.3 is 0 Å². The molecule has 1 aliphatic rings. The molecule has 0 spiro atoms. The van der Waals surface area contributed by atoms with Gasteiger partial charge in [-0.2, -0.15) is 0 Å². The van der Waals surface area contributed by atoms with Gasteiger partial charge >= 0.3 is 0 Å². The predicted octanol–water partition coefficient (Wildman–Crippen LogP) is 5.91. The molecule has 0 bridgehead atoms. The summed E-state index contributed by atoms with van der Waals surface area (Å²) >= 11 is 0. The van der Waals surface area contributed by atoms with Crippen LogP contribution < -0.4 is 0 Å². The summed E-state index contributed by atoms with van der Waals surface area (Å²) in [6.45, 7) is 3.75. The Balaban J connectivity index is 2.19. The van der Waals surface area contributed by atoms with Crippen LogP contribution in [0.15, 0.2) is 18.2 Å². The summed E-state index contributed by atoms with van der Waals surface area (Å²) in [5.74, 6) is 0.411. The molecular weight excluding hydrogens is 261 g/mol. The molecular formula is C17H21F3. The van der Waals surface area contributed by atoms with Gasteiger partial charge in [0.05, 0.1) is 5.56 Å². The third kappa shape index (κ3) is 3.44. The largest absolute Gasteiger partial charge is 0.267 e. The van der Waals surface area contributed by atoms with Gasteiger partial charge in [0, 0.05) is 0 Å². The fourth-order valence-corrected chi connectivity index (χ4v) is 2.80. The molecule has 2 rings (SSSR count). The normalized spacial score (nSPS) is 23.7. The third-order valence-corrected chi connectivity index (χ3v) is 4.23. The van der Waals surface area contributed by atoms with Crippen LogP contribution in [0.25, 0.3) is 6.08 Å². The summed E-state index contributed by atoms with van der Waals surface area (Å²) in [7, 11) is 0. The maximum absolute atomic E-state index is 13.8. The number of hydrogen-bond acceptors (Lipinski definition) is 0. The number of allylic oxidation sites excluding steroid dienone is 1. The van der Waals surface area contributed by atoms with E-state index in [1.165, 1.54) is 19.8 Å². The minimum atomic E-state index is -2.78. The van der Waals surface area contributed by atoms with Crippen LogP contribution in [0.2, 0.25) is 0 Å². The minimum absolute atomic E-state index is 0.268. The predicted molar refractivity (Wildman–Crippen MR) is 76.3 cm³/mol. The maximum Gasteiger partial charge on any atom is 0.267 e. The van der Waals surface area contributed by atoms with Crippen molar-refractivity contribution in [2.75, 3.05) is 0 Å². The van der Waals surface area contributed by atoms with Crippen LogP contribution in [0, 0.1) is 24.6 Å². The first-order chi connectivity index (χ1) is 9.49. The second-order valence-corrected chi connectivity index (χ2v) is 5.88. The van der Waals surface area contributed by atoms with Gasteiger partial charge in [-0.1, -0.05) is 44.1 Å². The smallest absolute Gasteiger partial charge is 0.206 e. The van der Waals surface area contributed by atoms with Crippen LogP contribution in [0.4, 0.5) is 13.2 Å². The topological polar surface area (TPSA) is 0 Å². The van der Waals surface area contributed by atoms with Crippen LogP contribution in [-0.2, 0) is 0 Å². The van der Waals surface area contributed by atoms with Crippen molar-refractivity contribution in [1.29, 1.82) is 0 Å². The number of hydrogen-bond donors (Lipinski definition) is 0. The second-order valence-electron chi connectivity index (χ2n) is 5.88. The van der Waals surface area contributed by atoms with Gasteiger partial charge in [-0.15, -0.1) is 0 Å². The average Bonchev–Trinajstić information content (AvgIpc) is 2.41. The number of benzene rings is 1. The lowest BCUT2D eigenvalue weighted by Crippen LogP contribution is -2.10. The highest BCUT2D eigenvalue weighted by Crippen LogP contribution is 2.32. The molecule has 0 unspecified atom stereocenters. The summed E-state index contributed by atoms with van der Waals surface area (Å²) in [6.07, 6.45) is 5.41. The lowest BCUT2D eigenvalue weighted by molar-refractivity contribution is 0.146. The quantitative estimate of drug-likeness (QED) is 0.646. The van der Waals surface area contributed by atoms with E-state index in [1.807, 2.05) is 6.08 Å². The molecule has 0 N–H and O–H groups in total. The van der Waals surface area contributed by atoms with Crippen molar-refractivity contribution in [3.05, 3.63) is 40.7 Å². The molecule has 0 atom stereocenters. The van der Waals surface area contributed by atoms with Gasteiger partial charge in [0.15, 0.2) is 0 Å². The third-order valence-electron chi connectivity index (χ3n) is 4.23. The lowest BCUT2D eigenvalue weighted by atomic mass is 9.82. The van der Waals surface area contributed by atoms with Crippen LogP contribution in [0.3, 0.4) is 0 Å². The zero-order chi connectivity index (χ0) is 14.7. The molecule has 1 fully saturated rings. The molecule has 1 aromatic carbocycles. The molecule has 1 aromatic rings. The number of halogens is 3. The monoisotopic (exact) mass is 282 g/mol. The Morgan fingerprint density at radius 2 is 1.80 bits per heavy atom. The first kappa shape index (κ1) is 15.1. The van der Waals surface area contributed by atoms with Crippen LogP contribution in [0.1, 0.15) is 55.7 Å². The molecule has 1 saturated carbocycles. The standard InChI is InChI=1S/C17H21F3/c1-11-3-6-13(7-4-11)8-10-14-9-5-12(2)16(18)15(14)17(19)20/h5,8-11,13,17H,3-4,6-7H2,1-2H3/b10-8+. The number of alkyl halides is 2. The van der Waals surface area contributed by atoms with Gasteiger partial charge in [0.25, 0.3) is 6.43 Å². The molecule has 0 radical (unpaired) electrons. The zero-order valence-corrected chi connectivity index (χ0v) is 12.0. The van der Waals surface area contributed by atoms with E-state index in [0.29, 0.717) is 11.5 Å². The van der Waals surface area contributed by atoms with E-state index in [0.717, 1.165) is 18.8 Å². The first-order valence-electron chi connectivity index (χ1n) is 7.24. The molecule has 0 saturated heterocycles. The Kier molecular flexibility index (Phi) is 4.90. The van der Waals surface area contributed by atoms with E-state index in [-0.39, 0.29) is 5.56 Å². The Bertz CT molecular complexity index is 483. The first-order valence-corrected chi connectivity index (χ1v) is 7.24. The Labute approximate surface area is 118 Å². The summed E-state index contributed by atoms with van der Waals surface area (Å²) in [4.78, 5) is 0. The highest BCUT2D eigenvalue weighted by Gasteiger charge is 2.20. The molecule has 1 aliphatic carbocycles. The second kappa shape index (κ2) is 6.47. The summed E-state index contributed by atoms with van der Waals surface area (Å²) in [5, 5.41) is 0. The SMILES string of the molecule is Cc1ccc(/C=C/C2CCC(C)CC2)c(C(F)F)c1F. The lowest BCUT2D eigenvalue weighted by Gasteiger charge is -2.23. The summed E-state index contributed by atoms with van der Waals surface area (Å²) in [5.41, 5.74) is 0.107. The van der Waals surface area contributed by atoms with Crippen LogP contribution in [-0.4, -0.2) is 0 Å². The van der Waals surface area contributed by atoms with E-state index in [4.69, 9.17) is 0 Å². The maximum atomic E-state index is 13.8. The molecule has 3 heteroatoms. The van der Waals surface area contributed by atoms with Crippen molar-refractivity contribution >= 4 is 6.08 Å². The van der Waals surface area contributed by atoms with Crippen LogP contribution in [0.5, 0.6) is 0 Å². The van der Waals surface area contributed by atoms with Crippen molar-refractivity contribution in [2.45, 2.75) is 46.0 Å². The average molecular weight is 282 g/mol. The molecule has 0 aliphatic heterocycles. The summed E-state index contributed by atoms with van der Waals surface area (Å²) in [6, 6.07) is 3.14. The van der Waals surface area contributed by atoms with E-state index >= 15 is 0 Å². The Morgan fingerprint density at radius 3 is 2.40 bits per heavy atom. The Morgan fingerprint density at radius 1 is 1.15 bits per heavy atom. The van der Waals surface area contributed by atoms with Gasteiger partial charge in [-0.25, -0.2) is 13.2 Å². The zero-order valence-electron chi connectivity index (χ0n) is 12.0. The van der Waals surface area contributed by atoms with Crippen molar-refractivity contribution in [2.24, 2.45) is 11.8 Å². The van der Waals surface area contributed by atoms with Crippen molar-refractivity contribution in [1.82, 2.24) is 0 Å². The molecule has 0 heterocycles. The fourth-order valence-electron chi connectivity index (χ4n) is 2.80. The fraction of sp³-hybridized carbons (Fsp3) is 0.529. The van der Waals surface area contributed by atoms with Gasteiger partial charge in [-0.3, -0.25) is 0 Å². The minimum Gasteiger partial charge on any atom is -0.206 e. The molecule has 0 amide bonds. The summed E-state index contributed by atoms with van der Waals surface area (Å²) < 4.78 is 39.8. The van der Waals surface area contributed by atoms with Crippen LogP contribution >= 0.6 is 0 Å². The molecule has 0 aromatic heterocycles. The van der Waals surface area contributed by atoms with Gasteiger partial charge in [-0.05, 0) is 42.7 Å². The van der Waals surface area contributed by atoms with Gasteiger partial charge in [0.2, 0.25) is 0 Å². The highest BCUT2D eigenvalue weighted by atomic mass is 19.3. The van der Waals surface area contributed by atoms with E-state index < -0.39 is 17.8 Å². The number of rotatable bonds is 3. The van der Waals surface area contributed by atoms with E-state index in [9.17, 15) is 13.2 Å². The van der Waals surface area contributed by atoms with E-state index in [1.54, 1.807) is 18.2 Å². The van der Waals surface area contributed by atoms with Crippen molar-refractivity contribution in [3.63, 3.8) is 0 Å². The van der Waals surface area contributed by atoms with Gasteiger partial charge in [0.1, 0.15) is 5.82 Å².